The largest absolute Gasteiger partial charge is 0.501 e. The molecule has 0 radical (unpaired) electrons. The Morgan fingerprint density at radius 1 is 1.44 bits per heavy atom. The van der Waals surface area contributed by atoms with Crippen LogP contribution >= 0.6 is 22.6 Å². The number of hydrogen-bond acceptors (Lipinski definition) is 4. The molecule has 0 heterocycles. The van der Waals surface area contributed by atoms with Gasteiger partial charge in [0.1, 0.15) is 0 Å². The first-order valence-electron chi connectivity index (χ1n) is 4.74. The van der Waals surface area contributed by atoms with E-state index < -0.39 is 4.92 Å². The molecule has 84 valence electrons. The molecule has 5 nitrogen and oxygen atoms in total. The van der Waals surface area contributed by atoms with Gasteiger partial charge in [0.05, 0.1) is 8.49 Å². The van der Waals surface area contributed by atoms with Crippen molar-refractivity contribution in [1.29, 1.82) is 0 Å². The molecule has 0 atom stereocenters. The zero-order valence-corrected chi connectivity index (χ0v) is 10.4. The SMILES string of the molecule is O=C1CCCc2c1cc(I)c(O)c2[N+](=O)[O-]. The lowest BCUT2D eigenvalue weighted by Gasteiger charge is -2.15. The van der Waals surface area contributed by atoms with E-state index in [2.05, 4.69) is 0 Å². The second-order valence-electron chi connectivity index (χ2n) is 3.62. The van der Waals surface area contributed by atoms with Crippen LogP contribution in [0.5, 0.6) is 5.75 Å². The second kappa shape index (κ2) is 4.00. The number of benzene rings is 1. The molecule has 0 bridgehead atoms. The number of fused-ring (bicyclic) bond motifs is 1. The van der Waals surface area contributed by atoms with Crippen molar-refractivity contribution < 1.29 is 14.8 Å². The molecule has 1 aliphatic carbocycles. The number of halogens is 1. The van der Waals surface area contributed by atoms with Gasteiger partial charge in [-0.15, -0.1) is 0 Å². The number of aromatic hydroxyl groups is 1. The van der Waals surface area contributed by atoms with Crippen LogP contribution in [0, 0.1) is 13.7 Å². The van der Waals surface area contributed by atoms with E-state index >= 15 is 0 Å². The topological polar surface area (TPSA) is 80.4 Å². The quantitative estimate of drug-likeness (QED) is 0.486. The van der Waals surface area contributed by atoms with Crippen molar-refractivity contribution in [2.24, 2.45) is 0 Å². The maximum absolute atomic E-state index is 11.6. The Hall–Kier alpha value is -1.18. The van der Waals surface area contributed by atoms with Crippen molar-refractivity contribution in [3.05, 3.63) is 30.9 Å². The normalized spacial score (nSPS) is 14.7. The van der Waals surface area contributed by atoms with Crippen molar-refractivity contribution in [1.82, 2.24) is 0 Å². The van der Waals surface area contributed by atoms with Gasteiger partial charge in [-0.1, -0.05) is 0 Å². The number of ketones is 1. The van der Waals surface area contributed by atoms with Crippen LogP contribution in [-0.4, -0.2) is 15.8 Å². The zero-order chi connectivity index (χ0) is 11.9. The highest BCUT2D eigenvalue weighted by atomic mass is 127. The number of phenols is 1. The summed E-state index contributed by atoms with van der Waals surface area (Å²) < 4.78 is 0.346. The number of Topliss-reactive ketones (excluding diaryl/α,β-unsaturated/α-hetero) is 1. The predicted octanol–water partition coefficient (Wildman–Crippen LogP) is 2.42. The van der Waals surface area contributed by atoms with Gasteiger partial charge in [0.2, 0.25) is 5.75 Å². The van der Waals surface area contributed by atoms with Crippen LogP contribution in [0.3, 0.4) is 0 Å². The number of nitro benzene ring substituents is 1. The Balaban J connectivity index is 2.76. The summed E-state index contributed by atoms with van der Waals surface area (Å²) >= 11 is 1.79. The van der Waals surface area contributed by atoms with Gasteiger partial charge >= 0.3 is 5.69 Å². The van der Waals surface area contributed by atoms with Crippen LogP contribution in [0.1, 0.15) is 28.8 Å². The van der Waals surface area contributed by atoms with Gasteiger partial charge in [-0.3, -0.25) is 14.9 Å². The Kier molecular flexibility index (Phi) is 2.83. The number of phenolic OH excluding ortho intramolecular Hbond substituents is 1. The highest BCUT2D eigenvalue weighted by Gasteiger charge is 2.30. The fourth-order valence-corrected chi connectivity index (χ4v) is 2.49. The highest BCUT2D eigenvalue weighted by molar-refractivity contribution is 14.1. The van der Waals surface area contributed by atoms with E-state index in [0.717, 1.165) is 0 Å². The summed E-state index contributed by atoms with van der Waals surface area (Å²) in [5.74, 6) is -0.415. The van der Waals surface area contributed by atoms with Crippen molar-refractivity contribution in [3.8, 4) is 5.75 Å². The van der Waals surface area contributed by atoms with Gasteiger partial charge in [-0.2, -0.15) is 0 Å². The van der Waals surface area contributed by atoms with Crippen LogP contribution in [0.2, 0.25) is 0 Å². The average molecular weight is 333 g/mol. The molecule has 0 spiro atoms. The third-order valence-corrected chi connectivity index (χ3v) is 3.47. The number of nitro groups is 1. The van der Waals surface area contributed by atoms with Gasteiger partial charge in [-0.25, -0.2) is 0 Å². The summed E-state index contributed by atoms with van der Waals surface area (Å²) in [5, 5.41) is 20.5. The van der Waals surface area contributed by atoms with Crippen LogP contribution < -0.4 is 0 Å². The van der Waals surface area contributed by atoms with E-state index in [4.69, 9.17) is 0 Å². The van der Waals surface area contributed by atoms with Crippen molar-refractivity contribution in [2.75, 3.05) is 0 Å². The van der Waals surface area contributed by atoms with Crippen LogP contribution in [0.4, 0.5) is 5.69 Å². The zero-order valence-electron chi connectivity index (χ0n) is 8.20. The Morgan fingerprint density at radius 3 is 2.75 bits per heavy atom. The molecular formula is C10H8INO4. The number of carbonyl (C=O) groups is 1. The Labute approximate surface area is 105 Å². The summed E-state index contributed by atoms with van der Waals surface area (Å²) in [4.78, 5) is 21.9. The summed E-state index contributed by atoms with van der Waals surface area (Å²) in [7, 11) is 0. The van der Waals surface area contributed by atoms with Crippen molar-refractivity contribution in [2.45, 2.75) is 19.3 Å². The summed E-state index contributed by atoms with van der Waals surface area (Å²) in [6, 6.07) is 1.53. The molecule has 16 heavy (non-hydrogen) atoms. The molecule has 0 unspecified atom stereocenters. The maximum atomic E-state index is 11.6. The molecular weight excluding hydrogens is 325 g/mol. The van der Waals surface area contributed by atoms with Crippen molar-refractivity contribution in [3.63, 3.8) is 0 Å². The van der Waals surface area contributed by atoms with E-state index in [0.29, 0.717) is 34.0 Å². The van der Waals surface area contributed by atoms with Gasteiger partial charge in [0, 0.05) is 17.5 Å². The third kappa shape index (κ3) is 1.66. The molecule has 0 saturated carbocycles. The van der Waals surface area contributed by atoms with Gasteiger partial charge in [-0.05, 0) is 41.5 Å². The number of rotatable bonds is 1. The molecule has 2 rings (SSSR count). The van der Waals surface area contributed by atoms with Crippen LogP contribution in [-0.2, 0) is 6.42 Å². The molecule has 0 saturated heterocycles. The van der Waals surface area contributed by atoms with E-state index in [9.17, 15) is 20.0 Å². The molecule has 0 aliphatic heterocycles. The second-order valence-corrected chi connectivity index (χ2v) is 4.78. The van der Waals surface area contributed by atoms with Crippen molar-refractivity contribution >= 4 is 34.1 Å². The lowest BCUT2D eigenvalue weighted by molar-refractivity contribution is -0.386. The fraction of sp³-hybridized carbons (Fsp3) is 0.300. The molecule has 6 heteroatoms. The first-order chi connectivity index (χ1) is 7.52. The molecule has 1 aromatic carbocycles. The first kappa shape index (κ1) is 11.3. The summed E-state index contributed by atoms with van der Waals surface area (Å²) in [6.45, 7) is 0. The minimum absolute atomic E-state index is 0.0812. The number of hydrogen-bond donors (Lipinski definition) is 1. The van der Waals surface area contributed by atoms with E-state index in [-0.39, 0.29) is 17.2 Å². The van der Waals surface area contributed by atoms with Gasteiger partial charge in [0.25, 0.3) is 0 Å². The lowest BCUT2D eigenvalue weighted by atomic mass is 9.89. The monoisotopic (exact) mass is 333 g/mol. The predicted molar refractivity (Wildman–Crippen MR) is 64.7 cm³/mol. The first-order valence-corrected chi connectivity index (χ1v) is 5.82. The molecule has 0 fully saturated rings. The molecule has 1 aromatic rings. The summed E-state index contributed by atoms with van der Waals surface area (Å²) in [6.07, 6.45) is 1.50. The minimum atomic E-state index is -0.616. The average Bonchev–Trinajstić information content (AvgIpc) is 2.21. The molecule has 1 N–H and O–H groups in total. The minimum Gasteiger partial charge on any atom is -0.501 e. The van der Waals surface area contributed by atoms with Gasteiger partial charge < -0.3 is 5.11 Å². The standard InChI is InChI=1S/C10H8INO4/c11-7-4-6-5(2-1-3-8(6)13)9(10(7)14)12(15)16/h4,14H,1-3H2. The maximum Gasteiger partial charge on any atom is 0.315 e. The number of nitrogens with zero attached hydrogens (tertiary/aromatic N) is 1. The number of carbonyl (C=O) groups excluding carboxylic acids is 1. The Morgan fingerprint density at radius 2 is 2.12 bits per heavy atom. The Bertz CT molecular complexity index is 498. The lowest BCUT2D eigenvalue weighted by Crippen LogP contribution is -2.13. The smallest absolute Gasteiger partial charge is 0.315 e. The van der Waals surface area contributed by atoms with Crippen LogP contribution in [0.15, 0.2) is 6.07 Å². The van der Waals surface area contributed by atoms with E-state index in [1.807, 2.05) is 0 Å². The molecule has 0 aromatic heterocycles. The third-order valence-electron chi connectivity index (χ3n) is 2.65. The summed E-state index contributed by atoms with van der Waals surface area (Å²) in [5.41, 5.74) is 0.453. The van der Waals surface area contributed by atoms with E-state index in [1.165, 1.54) is 6.07 Å². The molecule has 1 aliphatic rings. The van der Waals surface area contributed by atoms with Gasteiger partial charge in [0.15, 0.2) is 5.78 Å². The fourth-order valence-electron chi connectivity index (χ4n) is 1.92. The van der Waals surface area contributed by atoms with Crippen LogP contribution in [0.25, 0.3) is 0 Å². The highest BCUT2D eigenvalue weighted by Crippen LogP contribution is 2.39. The molecule has 0 amide bonds. The van der Waals surface area contributed by atoms with E-state index in [1.54, 1.807) is 22.6 Å².